The van der Waals surface area contributed by atoms with Crippen molar-refractivity contribution in [2.24, 2.45) is 5.73 Å². The van der Waals surface area contributed by atoms with Crippen molar-refractivity contribution in [3.63, 3.8) is 0 Å². The van der Waals surface area contributed by atoms with Crippen molar-refractivity contribution in [1.82, 2.24) is 5.32 Å². The van der Waals surface area contributed by atoms with Crippen molar-refractivity contribution in [3.05, 3.63) is 29.8 Å². The van der Waals surface area contributed by atoms with Crippen LogP contribution in [0.2, 0.25) is 0 Å². The lowest BCUT2D eigenvalue weighted by molar-refractivity contribution is -0.120. The Morgan fingerprint density at radius 2 is 1.88 bits per heavy atom. The molecule has 0 aliphatic carbocycles. The topological polar surface area (TPSA) is 64.3 Å². The summed E-state index contributed by atoms with van der Waals surface area (Å²) in [6.07, 6.45) is 0.162. The summed E-state index contributed by atoms with van der Waals surface area (Å²) < 4.78 is 5.54. The Labute approximate surface area is 102 Å². The van der Waals surface area contributed by atoms with Crippen molar-refractivity contribution in [2.75, 3.05) is 6.54 Å². The Balaban J connectivity index is 2.63. The molecule has 0 saturated heterocycles. The molecule has 1 unspecified atom stereocenters. The third kappa shape index (κ3) is 4.44. The van der Waals surface area contributed by atoms with E-state index in [1.54, 1.807) is 0 Å². The van der Waals surface area contributed by atoms with Gasteiger partial charge in [0.2, 0.25) is 5.91 Å². The van der Waals surface area contributed by atoms with Crippen molar-refractivity contribution in [1.29, 1.82) is 0 Å². The predicted octanol–water partition coefficient (Wildman–Crippen LogP) is 1.61. The highest BCUT2D eigenvalue weighted by Crippen LogP contribution is 2.18. The minimum absolute atomic E-state index is 0.0128. The molecule has 0 aliphatic rings. The van der Waals surface area contributed by atoms with Gasteiger partial charge in [-0.05, 0) is 38.5 Å². The zero-order valence-electron chi connectivity index (χ0n) is 10.6. The van der Waals surface area contributed by atoms with Crippen LogP contribution in [0, 0.1) is 0 Å². The molecule has 0 radical (unpaired) electrons. The van der Waals surface area contributed by atoms with E-state index in [4.69, 9.17) is 10.5 Å². The quantitative estimate of drug-likeness (QED) is 0.816. The van der Waals surface area contributed by atoms with Crippen LogP contribution in [0.25, 0.3) is 0 Å². The van der Waals surface area contributed by atoms with E-state index in [2.05, 4.69) is 5.32 Å². The number of nitrogens with two attached hydrogens (primary N) is 1. The van der Waals surface area contributed by atoms with Gasteiger partial charge < -0.3 is 15.8 Å². The highest BCUT2D eigenvalue weighted by molar-refractivity contribution is 5.78. The minimum Gasteiger partial charge on any atom is -0.491 e. The van der Waals surface area contributed by atoms with Crippen molar-refractivity contribution in [2.45, 2.75) is 32.9 Å². The van der Waals surface area contributed by atoms with Gasteiger partial charge in [0.25, 0.3) is 0 Å². The fourth-order valence-corrected chi connectivity index (χ4v) is 1.49. The molecule has 0 fully saturated rings. The van der Waals surface area contributed by atoms with Crippen LogP contribution in [-0.4, -0.2) is 18.6 Å². The minimum atomic E-state index is -0.153. The molecule has 3 N–H and O–H groups in total. The Hall–Kier alpha value is -1.55. The molecule has 17 heavy (non-hydrogen) atoms. The van der Waals surface area contributed by atoms with Crippen molar-refractivity contribution >= 4 is 5.91 Å². The molecule has 1 rings (SSSR count). The second-order valence-corrected chi connectivity index (χ2v) is 4.23. The Morgan fingerprint density at radius 3 is 2.35 bits per heavy atom. The van der Waals surface area contributed by atoms with Gasteiger partial charge in [-0.1, -0.05) is 12.1 Å². The molecule has 0 bridgehead atoms. The molecule has 1 aromatic carbocycles. The summed E-state index contributed by atoms with van der Waals surface area (Å²) in [5, 5.41) is 2.80. The van der Waals surface area contributed by atoms with Gasteiger partial charge in [-0.3, -0.25) is 4.79 Å². The van der Waals surface area contributed by atoms with Gasteiger partial charge in [-0.25, -0.2) is 0 Å². The van der Waals surface area contributed by atoms with Gasteiger partial charge in [0.05, 0.1) is 18.7 Å². The van der Waals surface area contributed by atoms with E-state index >= 15 is 0 Å². The maximum atomic E-state index is 11.1. The molecular formula is C13H20N2O2. The van der Waals surface area contributed by atoms with Crippen LogP contribution in [0.15, 0.2) is 24.3 Å². The fourth-order valence-electron chi connectivity index (χ4n) is 1.49. The van der Waals surface area contributed by atoms with Gasteiger partial charge in [-0.15, -0.1) is 0 Å². The summed E-state index contributed by atoms with van der Waals surface area (Å²) in [5.74, 6) is 0.682. The van der Waals surface area contributed by atoms with E-state index in [-0.39, 0.29) is 24.6 Å². The maximum Gasteiger partial charge on any atom is 0.234 e. The van der Waals surface area contributed by atoms with E-state index in [1.807, 2.05) is 45.0 Å². The standard InChI is InChI=1S/C13H20N2O2/c1-9(2)17-12-6-4-11(5-7-12)10(3)15-13(16)8-14/h4-7,9-10H,8,14H2,1-3H3,(H,15,16). The average molecular weight is 236 g/mol. The van der Waals surface area contributed by atoms with Gasteiger partial charge in [0.1, 0.15) is 5.75 Å². The number of hydrogen-bond acceptors (Lipinski definition) is 3. The second kappa shape index (κ2) is 6.25. The highest BCUT2D eigenvalue weighted by Gasteiger charge is 2.08. The van der Waals surface area contributed by atoms with Crippen LogP contribution in [0.3, 0.4) is 0 Å². The summed E-state index contributed by atoms with van der Waals surface area (Å²) in [6, 6.07) is 7.65. The summed E-state index contributed by atoms with van der Waals surface area (Å²) in [4.78, 5) is 11.1. The third-order valence-electron chi connectivity index (χ3n) is 2.31. The van der Waals surface area contributed by atoms with Crippen LogP contribution in [0.1, 0.15) is 32.4 Å². The summed E-state index contributed by atoms with van der Waals surface area (Å²) in [5.41, 5.74) is 6.28. The molecule has 1 aromatic rings. The van der Waals surface area contributed by atoms with Gasteiger partial charge in [-0.2, -0.15) is 0 Å². The lowest BCUT2D eigenvalue weighted by Crippen LogP contribution is -2.32. The van der Waals surface area contributed by atoms with Gasteiger partial charge in [0, 0.05) is 0 Å². The number of ether oxygens (including phenoxy) is 1. The first-order valence-corrected chi connectivity index (χ1v) is 5.79. The van der Waals surface area contributed by atoms with E-state index < -0.39 is 0 Å². The first-order chi connectivity index (χ1) is 8.02. The molecule has 0 aromatic heterocycles. The Kier molecular flexibility index (Phi) is 4.97. The second-order valence-electron chi connectivity index (χ2n) is 4.23. The number of benzene rings is 1. The van der Waals surface area contributed by atoms with Crippen LogP contribution >= 0.6 is 0 Å². The molecule has 1 atom stereocenters. The summed E-state index contributed by atoms with van der Waals surface area (Å²) >= 11 is 0. The van der Waals surface area contributed by atoms with E-state index in [9.17, 15) is 4.79 Å². The highest BCUT2D eigenvalue weighted by atomic mass is 16.5. The van der Waals surface area contributed by atoms with Gasteiger partial charge >= 0.3 is 0 Å². The normalized spacial score (nSPS) is 12.3. The van der Waals surface area contributed by atoms with E-state index in [0.29, 0.717) is 0 Å². The first-order valence-electron chi connectivity index (χ1n) is 5.79. The zero-order valence-corrected chi connectivity index (χ0v) is 10.6. The van der Waals surface area contributed by atoms with Crippen LogP contribution < -0.4 is 15.8 Å². The maximum absolute atomic E-state index is 11.1. The number of amides is 1. The van der Waals surface area contributed by atoms with Crippen molar-refractivity contribution < 1.29 is 9.53 Å². The molecular weight excluding hydrogens is 216 g/mol. The van der Waals surface area contributed by atoms with Gasteiger partial charge in [0.15, 0.2) is 0 Å². The smallest absolute Gasteiger partial charge is 0.234 e. The first kappa shape index (κ1) is 13.5. The van der Waals surface area contributed by atoms with Crippen molar-refractivity contribution in [3.8, 4) is 5.75 Å². The lowest BCUT2D eigenvalue weighted by Gasteiger charge is -2.15. The molecule has 94 valence electrons. The van der Waals surface area contributed by atoms with Crippen LogP contribution in [0.5, 0.6) is 5.75 Å². The SMILES string of the molecule is CC(C)Oc1ccc(C(C)NC(=O)CN)cc1. The monoisotopic (exact) mass is 236 g/mol. The number of nitrogens with one attached hydrogen (secondary N) is 1. The molecule has 0 spiro atoms. The number of rotatable bonds is 5. The molecule has 0 heterocycles. The number of carbonyl (C=O) groups is 1. The van der Waals surface area contributed by atoms with E-state index in [1.165, 1.54) is 0 Å². The number of carbonyl (C=O) groups excluding carboxylic acids is 1. The third-order valence-corrected chi connectivity index (χ3v) is 2.31. The summed E-state index contributed by atoms with van der Waals surface area (Å²) in [7, 11) is 0. The largest absolute Gasteiger partial charge is 0.491 e. The lowest BCUT2D eigenvalue weighted by atomic mass is 10.1. The molecule has 4 nitrogen and oxygen atoms in total. The number of hydrogen-bond donors (Lipinski definition) is 2. The predicted molar refractivity (Wildman–Crippen MR) is 67.8 cm³/mol. The fraction of sp³-hybridized carbons (Fsp3) is 0.462. The van der Waals surface area contributed by atoms with Crippen LogP contribution in [0.4, 0.5) is 0 Å². The summed E-state index contributed by atoms with van der Waals surface area (Å²) in [6.45, 7) is 5.90. The molecule has 4 heteroatoms. The zero-order chi connectivity index (χ0) is 12.8. The average Bonchev–Trinajstić information content (AvgIpc) is 2.28. The molecule has 0 aliphatic heterocycles. The van der Waals surface area contributed by atoms with Crippen LogP contribution in [-0.2, 0) is 4.79 Å². The molecule has 0 saturated carbocycles. The Morgan fingerprint density at radius 1 is 1.29 bits per heavy atom. The van der Waals surface area contributed by atoms with E-state index in [0.717, 1.165) is 11.3 Å². The Bertz CT molecular complexity index is 360. The molecule has 1 amide bonds.